The molecule has 0 unspecified atom stereocenters. The van der Waals surface area contributed by atoms with Gasteiger partial charge in [-0.15, -0.1) is 11.3 Å². The monoisotopic (exact) mass is 275 g/mol. The van der Waals surface area contributed by atoms with Crippen LogP contribution in [0.15, 0.2) is 16.3 Å². The maximum atomic E-state index is 11.7. The highest BCUT2D eigenvalue weighted by molar-refractivity contribution is 7.91. The summed E-state index contributed by atoms with van der Waals surface area (Å²) in [5, 5.41) is 17.1. The van der Waals surface area contributed by atoms with Gasteiger partial charge >= 0.3 is 6.09 Å². The summed E-state index contributed by atoms with van der Waals surface area (Å²) in [6.07, 6.45) is -1.55. The van der Waals surface area contributed by atoms with Crippen LogP contribution in [0.1, 0.15) is 4.88 Å². The largest absolute Gasteiger partial charge is 0.464 e. The quantitative estimate of drug-likeness (QED) is 0.761. The summed E-state index contributed by atoms with van der Waals surface area (Å²) in [6, 6.07) is 2.73. The maximum Gasteiger partial charge on any atom is 0.421 e. The molecule has 2 N–H and O–H groups in total. The molecular weight excluding hydrogens is 266 g/mol. The Hall–Kier alpha value is -1.56. The predicted molar refractivity (Wildman–Crippen MR) is 61.3 cm³/mol. The lowest BCUT2D eigenvalue weighted by molar-refractivity contribution is 0.178. The van der Waals surface area contributed by atoms with Crippen molar-refractivity contribution in [2.24, 2.45) is 0 Å². The normalized spacial score (nSPS) is 10.5. The van der Waals surface area contributed by atoms with Gasteiger partial charge in [-0.05, 0) is 12.1 Å². The zero-order chi connectivity index (χ0) is 13.1. The number of carboxylic acid groups (broad SMARTS) is 1. The second-order valence-electron chi connectivity index (χ2n) is 2.83. The first-order valence-corrected chi connectivity index (χ1v) is 6.56. The number of aliphatic hydroxyl groups is 1. The Kier molecular flexibility index (Phi) is 4.11. The summed E-state index contributed by atoms with van der Waals surface area (Å²) >= 11 is 0.848. The maximum absolute atomic E-state index is 11.7. The van der Waals surface area contributed by atoms with E-state index in [9.17, 15) is 13.2 Å². The summed E-state index contributed by atoms with van der Waals surface area (Å²) in [5.74, 6) is 4.92. The Balaban J connectivity index is 3.09. The van der Waals surface area contributed by atoms with Crippen molar-refractivity contribution in [1.29, 1.82) is 0 Å². The minimum atomic E-state index is -4.02. The van der Waals surface area contributed by atoms with Crippen LogP contribution in [0.2, 0.25) is 0 Å². The lowest BCUT2D eigenvalue weighted by Crippen LogP contribution is -2.31. The number of nitrogens with zero attached hydrogens (tertiary/aromatic N) is 1. The van der Waals surface area contributed by atoms with Gasteiger partial charge in [0.1, 0.15) is 10.8 Å². The van der Waals surface area contributed by atoms with Crippen LogP contribution in [-0.4, -0.2) is 42.7 Å². The first-order chi connectivity index (χ1) is 7.89. The Morgan fingerprint density at radius 1 is 1.53 bits per heavy atom. The van der Waals surface area contributed by atoms with E-state index >= 15 is 0 Å². The average Bonchev–Trinajstić information content (AvgIpc) is 2.74. The molecule has 1 heterocycles. The number of sulfonamides is 1. The van der Waals surface area contributed by atoms with Crippen LogP contribution in [0, 0.1) is 11.8 Å². The van der Waals surface area contributed by atoms with Crippen LogP contribution in [-0.2, 0) is 10.0 Å². The molecule has 0 bridgehead atoms. The summed E-state index contributed by atoms with van der Waals surface area (Å²) in [5.41, 5.74) is 0. The van der Waals surface area contributed by atoms with Crippen molar-refractivity contribution >= 4 is 27.5 Å². The average molecular weight is 275 g/mol. The zero-order valence-electron chi connectivity index (χ0n) is 8.74. The molecule has 0 fully saturated rings. The molecule has 8 heteroatoms. The number of hydrogen-bond acceptors (Lipinski definition) is 5. The molecule has 0 aliphatic rings. The van der Waals surface area contributed by atoms with Crippen LogP contribution in [0.4, 0.5) is 4.79 Å². The highest BCUT2D eigenvalue weighted by Crippen LogP contribution is 2.23. The van der Waals surface area contributed by atoms with Crippen molar-refractivity contribution in [1.82, 2.24) is 4.31 Å². The van der Waals surface area contributed by atoms with E-state index in [0.29, 0.717) is 4.88 Å². The molecule has 1 aromatic heterocycles. The van der Waals surface area contributed by atoms with Crippen molar-refractivity contribution in [3.63, 3.8) is 0 Å². The molecule has 17 heavy (non-hydrogen) atoms. The van der Waals surface area contributed by atoms with Crippen LogP contribution in [0.3, 0.4) is 0 Å². The standard InChI is InChI=1S/C9H9NO5S2/c1-10(9(12)13)17(14,15)8-5-4-7(16-8)3-2-6-11/h4-5,11H,6H2,1H3,(H,12,13). The topological polar surface area (TPSA) is 94.9 Å². The molecule has 92 valence electrons. The summed E-state index contributed by atoms with van der Waals surface area (Å²) in [4.78, 5) is 11.0. The number of amides is 1. The lowest BCUT2D eigenvalue weighted by Gasteiger charge is -2.11. The van der Waals surface area contributed by atoms with E-state index in [1.54, 1.807) is 0 Å². The van der Waals surface area contributed by atoms with E-state index in [1.165, 1.54) is 12.1 Å². The second kappa shape index (κ2) is 5.18. The van der Waals surface area contributed by atoms with Crippen LogP contribution < -0.4 is 0 Å². The van der Waals surface area contributed by atoms with Gasteiger partial charge in [0.15, 0.2) is 0 Å². The third-order valence-electron chi connectivity index (χ3n) is 1.76. The first-order valence-electron chi connectivity index (χ1n) is 4.31. The molecule has 0 saturated carbocycles. The molecule has 0 spiro atoms. The van der Waals surface area contributed by atoms with E-state index < -0.39 is 16.1 Å². The fourth-order valence-corrected chi connectivity index (χ4v) is 3.24. The van der Waals surface area contributed by atoms with Gasteiger partial charge in [0.25, 0.3) is 10.0 Å². The van der Waals surface area contributed by atoms with E-state index in [0.717, 1.165) is 18.4 Å². The summed E-state index contributed by atoms with van der Waals surface area (Å²) in [6.45, 7) is -0.324. The number of thiophene rings is 1. The van der Waals surface area contributed by atoms with Crippen LogP contribution in [0.5, 0.6) is 0 Å². The summed E-state index contributed by atoms with van der Waals surface area (Å²) < 4.78 is 23.6. The van der Waals surface area contributed by atoms with Gasteiger partial charge in [-0.1, -0.05) is 11.8 Å². The molecule has 0 aromatic carbocycles. The predicted octanol–water partition coefficient (Wildman–Crippen LogP) is 0.390. The fraction of sp³-hybridized carbons (Fsp3) is 0.222. The summed E-state index contributed by atoms with van der Waals surface area (Å²) in [7, 11) is -3.07. The Bertz CT molecular complexity index is 578. The van der Waals surface area contributed by atoms with Gasteiger partial charge in [0, 0.05) is 7.05 Å². The van der Waals surface area contributed by atoms with Crippen molar-refractivity contribution in [2.45, 2.75) is 4.21 Å². The number of rotatable bonds is 2. The number of carbonyl (C=O) groups is 1. The molecule has 0 aliphatic heterocycles. The van der Waals surface area contributed by atoms with Gasteiger partial charge in [0.2, 0.25) is 0 Å². The minimum absolute atomic E-state index is 0.107. The van der Waals surface area contributed by atoms with Gasteiger partial charge < -0.3 is 10.2 Å². The molecular formula is C9H9NO5S2. The molecule has 0 saturated heterocycles. The Labute approximate surface area is 102 Å². The minimum Gasteiger partial charge on any atom is -0.464 e. The first kappa shape index (κ1) is 13.5. The molecule has 0 aliphatic carbocycles. The SMILES string of the molecule is CN(C(=O)O)S(=O)(=O)c1ccc(C#CCO)s1. The van der Waals surface area contributed by atoms with Gasteiger partial charge in [-0.2, -0.15) is 8.42 Å². The lowest BCUT2D eigenvalue weighted by atomic mass is 10.4. The van der Waals surface area contributed by atoms with Gasteiger partial charge in [-0.25, -0.2) is 9.10 Å². The number of aliphatic hydroxyl groups excluding tert-OH is 1. The third-order valence-corrected chi connectivity index (χ3v) is 4.96. The van der Waals surface area contributed by atoms with Gasteiger partial charge in [0.05, 0.1) is 4.88 Å². The second-order valence-corrected chi connectivity index (χ2v) is 6.11. The highest BCUT2D eigenvalue weighted by atomic mass is 32.2. The molecule has 1 aromatic rings. The van der Waals surface area contributed by atoms with Crippen molar-refractivity contribution in [3.05, 3.63) is 17.0 Å². The van der Waals surface area contributed by atoms with Crippen molar-refractivity contribution < 1.29 is 23.4 Å². The molecule has 1 amide bonds. The molecule has 0 atom stereocenters. The van der Waals surface area contributed by atoms with E-state index in [1.807, 2.05) is 0 Å². The van der Waals surface area contributed by atoms with E-state index in [2.05, 4.69) is 11.8 Å². The van der Waals surface area contributed by atoms with Crippen molar-refractivity contribution in [3.8, 4) is 11.8 Å². The van der Waals surface area contributed by atoms with Crippen LogP contribution >= 0.6 is 11.3 Å². The Morgan fingerprint density at radius 2 is 2.18 bits per heavy atom. The molecule has 1 rings (SSSR count). The smallest absolute Gasteiger partial charge is 0.421 e. The van der Waals surface area contributed by atoms with Crippen molar-refractivity contribution in [2.75, 3.05) is 13.7 Å². The zero-order valence-corrected chi connectivity index (χ0v) is 10.4. The molecule has 6 nitrogen and oxygen atoms in total. The molecule has 0 radical (unpaired) electrons. The fourth-order valence-electron chi connectivity index (χ4n) is 0.890. The Morgan fingerprint density at radius 3 is 2.71 bits per heavy atom. The van der Waals surface area contributed by atoms with E-state index in [-0.39, 0.29) is 15.1 Å². The van der Waals surface area contributed by atoms with E-state index in [4.69, 9.17) is 10.2 Å². The van der Waals surface area contributed by atoms with Crippen LogP contribution in [0.25, 0.3) is 0 Å². The van der Waals surface area contributed by atoms with Gasteiger partial charge in [-0.3, -0.25) is 0 Å². The highest BCUT2D eigenvalue weighted by Gasteiger charge is 2.26. The number of hydrogen-bond donors (Lipinski definition) is 2. The third kappa shape index (κ3) is 2.97.